The van der Waals surface area contributed by atoms with Gasteiger partial charge in [0.1, 0.15) is 0 Å². The van der Waals surface area contributed by atoms with Crippen LogP contribution in [0.15, 0.2) is 59.4 Å². The summed E-state index contributed by atoms with van der Waals surface area (Å²) >= 11 is 5.95. The first-order valence-corrected chi connectivity index (χ1v) is 11.0. The van der Waals surface area contributed by atoms with Crippen LogP contribution in [0, 0.1) is 0 Å². The summed E-state index contributed by atoms with van der Waals surface area (Å²) in [6, 6.07) is 14.7. The standard InChI is InChI=1S/C23H24ClF3N4O/c24-11-10-20-21(28-31(22(20)32)19-4-2-1-3-5-19)16-29-12-14-30(15-13-29)18-8-6-17(7-9-18)23(25,26)27/h1-9,28H,10-16H2. The van der Waals surface area contributed by atoms with E-state index in [9.17, 15) is 18.0 Å². The highest BCUT2D eigenvalue weighted by atomic mass is 35.5. The van der Waals surface area contributed by atoms with E-state index in [-0.39, 0.29) is 5.56 Å². The molecular weight excluding hydrogens is 441 g/mol. The largest absolute Gasteiger partial charge is 0.416 e. The van der Waals surface area contributed by atoms with Crippen molar-refractivity contribution in [3.05, 3.63) is 81.8 Å². The summed E-state index contributed by atoms with van der Waals surface area (Å²) in [4.78, 5) is 17.2. The van der Waals surface area contributed by atoms with Gasteiger partial charge in [-0.1, -0.05) is 18.2 Å². The Bertz CT molecular complexity index is 1090. The summed E-state index contributed by atoms with van der Waals surface area (Å²) in [6.07, 6.45) is -3.84. The molecule has 0 spiro atoms. The lowest BCUT2D eigenvalue weighted by Crippen LogP contribution is -2.46. The maximum atomic E-state index is 12.9. The average molecular weight is 465 g/mol. The van der Waals surface area contributed by atoms with Gasteiger partial charge in [-0.25, -0.2) is 4.68 Å². The fraction of sp³-hybridized carbons (Fsp3) is 0.348. The van der Waals surface area contributed by atoms with Gasteiger partial charge in [0.25, 0.3) is 5.56 Å². The predicted molar refractivity (Wildman–Crippen MR) is 120 cm³/mol. The lowest BCUT2D eigenvalue weighted by molar-refractivity contribution is -0.137. The van der Waals surface area contributed by atoms with Crippen molar-refractivity contribution in [2.45, 2.75) is 19.1 Å². The molecule has 3 aromatic rings. The number of benzene rings is 2. The number of halogens is 4. The van der Waals surface area contributed by atoms with Gasteiger partial charge in [0, 0.05) is 49.9 Å². The van der Waals surface area contributed by atoms with Gasteiger partial charge < -0.3 is 4.90 Å². The van der Waals surface area contributed by atoms with Crippen molar-refractivity contribution in [1.82, 2.24) is 14.7 Å². The van der Waals surface area contributed by atoms with E-state index in [0.717, 1.165) is 42.3 Å². The first-order valence-electron chi connectivity index (χ1n) is 10.5. The molecule has 1 fully saturated rings. The summed E-state index contributed by atoms with van der Waals surface area (Å²) in [5.41, 5.74) is 2.36. The molecule has 2 heterocycles. The van der Waals surface area contributed by atoms with Crippen molar-refractivity contribution >= 4 is 17.3 Å². The zero-order chi connectivity index (χ0) is 22.7. The number of hydrogen-bond acceptors (Lipinski definition) is 3. The first-order chi connectivity index (χ1) is 15.4. The van der Waals surface area contributed by atoms with Crippen molar-refractivity contribution in [3.8, 4) is 5.69 Å². The number of anilines is 1. The molecule has 0 bridgehead atoms. The van der Waals surface area contributed by atoms with Crippen molar-refractivity contribution in [2.75, 3.05) is 37.0 Å². The number of rotatable bonds is 6. The topological polar surface area (TPSA) is 44.3 Å². The third-order valence-electron chi connectivity index (χ3n) is 5.74. The van der Waals surface area contributed by atoms with E-state index in [4.69, 9.17) is 11.6 Å². The number of alkyl halides is 4. The van der Waals surface area contributed by atoms with Crippen LogP contribution in [0.1, 0.15) is 16.8 Å². The monoisotopic (exact) mass is 464 g/mol. The Hall–Kier alpha value is -2.71. The molecular formula is C23H24ClF3N4O. The van der Waals surface area contributed by atoms with Crippen LogP contribution in [-0.2, 0) is 19.1 Å². The van der Waals surface area contributed by atoms with Gasteiger partial charge in [0.2, 0.25) is 0 Å². The van der Waals surface area contributed by atoms with Crippen LogP contribution >= 0.6 is 11.6 Å². The molecule has 1 aliphatic rings. The van der Waals surface area contributed by atoms with Crippen LogP contribution in [0.3, 0.4) is 0 Å². The molecule has 4 rings (SSSR count). The molecule has 0 saturated carbocycles. The summed E-state index contributed by atoms with van der Waals surface area (Å²) < 4.78 is 39.9. The number of nitrogens with zero attached hydrogens (tertiary/aromatic N) is 3. The Morgan fingerprint density at radius 2 is 1.56 bits per heavy atom. The fourth-order valence-electron chi connectivity index (χ4n) is 4.01. The SMILES string of the molecule is O=c1c(CCCl)c(CN2CCN(c3ccc(C(F)(F)F)cc3)CC2)[nH]n1-c1ccccc1. The summed E-state index contributed by atoms with van der Waals surface area (Å²) in [7, 11) is 0. The second kappa shape index (κ2) is 9.42. The van der Waals surface area contributed by atoms with Gasteiger partial charge in [0.05, 0.1) is 16.9 Å². The number of piperazine rings is 1. The Morgan fingerprint density at radius 3 is 2.16 bits per heavy atom. The van der Waals surface area contributed by atoms with Gasteiger partial charge >= 0.3 is 6.18 Å². The second-order valence-electron chi connectivity index (χ2n) is 7.79. The average Bonchev–Trinajstić information content (AvgIpc) is 3.10. The Kier molecular flexibility index (Phi) is 6.62. The van der Waals surface area contributed by atoms with Gasteiger partial charge in [0.15, 0.2) is 0 Å². The van der Waals surface area contributed by atoms with Gasteiger partial charge in [-0.05, 0) is 42.8 Å². The maximum Gasteiger partial charge on any atom is 0.416 e. The van der Waals surface area contributed by atoms with E-state index in [1.165, 1.54) is 12.1 Å². The Labute approximate surface area is 189 Å². The van der Waals surface area contributed by atoms with Crippen molar-refractivity contribution in [1.29, 1.82) is 0 Å². The number of nitrogens with one attached hydrogen (secondary N) is 1. The first kappa shape index (κ1) is 22.5. The summed E-state index contributed by atoms with van der Waals surface area (Å²) in [5, 5.41) is 3.25. The minimum absolute atomic E-state index is 0.0877. The van der Waals surface area contributed by atoms with Crippen molar-refractivity contribution in [3.63, 3.8) is 0 Å². The number of aromatic nitrogens is 2. The lowest BCUT2D eigenvalue weighted by Gasteiger charge is -2.36. The Balaban J connectivity index is 1.44. The number of aromatic amines is 1. The number of para-hydroxylation sites is 1. The molecule has 1 saturated heterocycles. The normalized spacial score (nSPS) is 15.3. The minimum atomic E-state index is -4.33. The molecule has 0 amide bonds. The molecule has 9 heteroatoms. The predicted octanol–water partition coefficient (Wildman–Crippen LogP) is 4.29. The molecule has 170 valence electrons. The van der Waals surface area contributed by atoms with E-state index in [0.29, 0.717) is 37.5 Å². The third kappa shape index (κ3) is 4.86. The van der Waals surface area contributed by atoms with E-state index >= 15 is 0 Å². The van der Waals surface area contributed by atoms with Crippen LogP contribution in [0.5, 0.6) is 0 Å². The molecule has 0 unspecified atom stereocenters. The number of H-pyrrole nitrogens is 1. The molecule has 0 atom stereocenters. The lowest BCUT2D eigenvalue weighted by atomic mass is 10.1. The zero-order valence-corrected chi connectivity index (χ0v) is 18.2. The highest BCUT2D eigenvalue weighted by Gasteiger charge is 2.30. The molecule has 0 radical (unpaired) electrons. The van der Waals surface area contributed by atoms with E-state index in [1.807, 2.05) is 30.3 Å². The van der Waals surface area contributed by atoms with Crippen molar-refractivity contribution in [2.24, 2.45) is 0 Å². The van der Waals surface area contributed by atoms with E-state index < -0.39 is 11.7 Å². The van der Waals surface area contributed by atoms with Gasteiger partial charge in [-0.15, -0.1) is 11.6 Å². The molecule has 2 aromatic carbocycles. The quantitative estimate of drug-likeness (QED) is 0.553. The molecule has 1 aliphatic heterocycles. The molecule has 0 aliphatic carbocycles. The number of hydrogen-bond donors (Lipinski definition) is 1. The van der Waals surface area contributed by atoms with Gasteiger partial charge in [-0.2, -0.15) is 13.2 Å². The summed E-state index contributed by atoms with van der Waals surface area (Å²) in [6.45, 7) is 3.45. The highest BCUT2D eigenvalue weighted by molar-refractivity contribution is 6.18. The second-order valence-corrected chi connectivity index (χ2v) is 8.17. The van der Waals surface area contributed by atoms with Crippen molar-refractivity contribution < 1.29 is 13.2 Å². The summed E-state index contributed by atoms with van der Waals surface area (Å²) in [5.74, 6) is 0.358. The Morgan fingerprint density at radius 1 is 0.906 bits per heavy atom. The minimum Gasteiger partial charge on any atom is -0.369 e. The smallest absolute Gasteiger partial charge is 0.369 e. The van der Waals surface area contributed by atoms with Crippen LogP contribution in [0.25, 0.3) is 5.69 Å². The zero-order valence-electron chi connectivity index (χ0n) is 17.4. The third-order valence-corrected chi connectivity index (χ3v) is 5.93. The molecule has 32 heavy (non-hydrogen) atoms. The van der Waals surface area contributed by atoms with Gasteiger partial charge in [-0.3, -0.25) is 14.8 Å². The molecule has 1 N–H and O–H groups in total. The van der Waals surface area contributed by atoms with Crippen LogP contribution < -0.4 is 10.5 Å². The molecule has 5 nitrogen and oxygen atoms in total. The maximum absolute atomic E-state index is 12.9. The van der Waals surface area contributed by atoms with Crippen LogP contribution in [-0.4, -0.2) is 46.7 Å². The van der Waals surface area contributed by atoms with Crippen LogP contribution in [0.2, 0.25) is 0 Å². The van der Waals surface area contributed by atoms with E-state index in [2.05, 4.69) is 14.9 Å². The van der Waals surface area contributed by atoms with Crippen LogP contribution in [0.4, 0.5) is 18.9 Å². The molecule has 1 aromatic heterocycles. The fourth-order valence-corrected chi connectivity index (χ4v) is 4.20. The highest BCUT2D eigenvalue weighted by Crippen LogP contribution is 2.30. The van der Waals surface area contributed by atoms with E-state index in [1.54, 1.807) is 4.68 Å².